The fourth-order valence-electron chi connectivity index (χ4n) is 1.13. The Hall–Kier alpha value is -1.80. The number of benzene rings is 1. The zero-order valence-corrected chi connectivity index (χ0v) is 8.26. The second kappa shape index (κ2) is 3.52. The molecule has 0 saturated heterocycles. The molecule has 1 aromatic heterocycles. The largest absolute Gasteiger partial charge is 0.497 e. The van der Waals surface area contributed by atoms with Gasteiger partial charge in [-0.3, -0.25) is 5.32 Å². The minimum atomic E-state index is 0.607. The van der Waals surface area contributed by atoms with E-state index in [-0.39, 0.29) is 0 Å². The van der Waals surface area contributed by atoms with E-state index in [0.717, 1.165) is 16.0 Å². The molecule has 0 aliphatic rings. The van der Waals surface area contributed by atoms with Crippen LogP contribution >= 0.6 is 11.3 Å². The summed E-state index contributed by atoms with van der Waals surface area (Å²) in [5.41, 5.74) is 0.869. The summed E-state index contributed by atoms with van der Waals surface area (Å²) in [6, 6.07) is 5.61. The monoisotopic (exact) mass is 205 g/mol. The van der Waals surface area contributed by atoms with Crippen molar-refractivity contribution in [2.45, 2.75) is 0 Å². The Bertz CT molecular complexity index is 500. The lowest BCUT2D eigenvalue weighted by Crippen LogP contribution is -1.83. The van der Waals surface area contributed by atoms with Gasteiger partial charge >= 0.3 is 0 Å². The molecule has 14 heavy (non-hydrogen) atoms. The normalized spacial score (nSPS) is 9.71. The standard InChI is InChI=1S/C9H7N3OS/c1-13-6-2-3-7-8(4-6)14-9(12-7)11-5-10/h2-4H,1H3,(H,11,12). The van der Waals surface area contributed by atoms with Crippen LogP contribution in [0, 0.1) is 11.5 Å². The molecule has 0 amide bonds. The summed E-state index contributed by atoms with van der Waals surface area (Å²) in [6.07, 6.45) is 1.84. The molecule has 2 aromatic rings. The molecule has 0 radical (unpaired) electrons. The summed E-state index contributed by atoms with van der Waals surface area (Å²) in [4.78, 5) is 4.21. The molecule has 0 bridgehead atoms. The lowest BCUT2D eigenvalue weighted by molar-refractivity contribution is 0.415. The maximum Gasteiger partial charge on any atom is 0.197 e. The number of hydrogen-bond donors (Lipinski definition) is 1. The van der Waals surface area contributed by atoms with E-state index in [1.54, 1.807) is 7.11 Å². The van der Waals surface area contributed by atoms with Crippen LogP contribution in [0.2, 0.25) is 0 Å². The Morgan fingerprint density at radius 3 is 3.14 bits per heavy atom. The number of anilines is 1. The summed E-state index contributed by atoms with van der Waals surface area (Å²) in [5, 5.41) is 11.5. The molecule has 0 unspecified atom stereocenters. The molecule has 70 valence electrons. The molecule has 4 nitrogen and oxygen atoms in total. The zero-order valence-electron chi connectivity index (χ0n) is 7.44. The van der Waals surface area contributed by atoms with Gasteiger partial charge in [0.15, 0.2) is 11.3 Å². The predicted octanol–water partition coefficient (Wildman–Crippen LogP) is 2.20. The fourth-order valence-corrected chi connectivity index (χ4v) is 1.98. The topological polar surface area (TPSA) is 57.9 Å². The SMILES string of the molecule is COc1ccc2nc(NC#N)sc2c1. The summed E-state index contributed by atoms with van der Waals surface area (Å²) in [6.45, 7) is 0. The maximum absolute atomic E-state index is 8.43. The first-order valence-corrected chi connectivity index (χ1v) is 4.75. The molecular weight excluding hydrogens is 198 g/mol. The van der Waals surface area contributed by atoms with Gasteiger partial charge in [-0.2, -0.15) is 5.26 Å². The summed E-state index contributed by atoms with van der Waals surface area (Å²) >= 11 is 1.43. The predicted molar refractivity (Wildman–Crippen MR) is 55.4 cm³/mol. The van der Waals surface area contributed by atoms with Crippen molar-refractivity contribution in [1.29, 1.82) is 5.26 Å². The van der Waals surface area contributed by atoms with Crippen LogP contribution in [0.4, 0.5) is 5.13 Å². The molecule has 0 aliphatic carbocycles. The summed E-state index contributed by atoms with van der Waals surface area (Å²) < 4.78 is 6.09. The molecule has 0 atom stereocenters. The average Bonchev–Trinajstić information content (AvgIpc) is 2.59. The van der Waals surface area contributed by atoms with E-state index < -0.39 is 0 Å². The fraction of sp³-hybridized carbons (Fsp3) is 0.111. The van der Waals surface area contributed by atoms with Gasteiger partial charge in [0.1, 0.15) is 5.75 Å². The Kier molecular flexibility index (Phi) is 2.21. The van der Waals surface area contributed by atoms with Crippen LogP contribution in [-0.4, -0.2) is 12.1 Å². The van der Waals surface area contributed by atoms with Crippen LogP contribution in [0.3, 0.4) is 0 Å². The number of rotatable bonds is 2. The lowest BCUT2D eigenvalue weighted by atomic mass is 10.3. The van der Waals surface area contributed by atoms with Crippen LogP contribution in [0.1, 0.15) is 0 Å². The van der Waals surface area contributed by atoms with Crippen LogP contribution in [0.25, 0.3) is 10.2 Å². The third-order valence-corrected chi connectivity index (χ3v) is 2.69. The number of aromatic nitrogens is 1. The molecule has 2 rings (SSSR count). The number of nitrogens with one attached hydrogen (secondary N) is 1. The van der Waals surface area contributed by atoms with E-state index in [9.17, 15) is 0 Å². The highest BCUT2D eigenvalue weighted by Gasteiger charge is 2.03. The number of hydrogen-bond acceptors (Lipinski definition) is 5. The summed E-state index contributed by atoms with van der Waals surface area (Å²) in [5.74, 6) is 0.796. The first kappa shape index (κ1) is 8.78. The van der Waals surface area contributed by atoms with Gasteiger partial charge < -0.3 is 4.74 Å². The Morgan fingerprint density at radius 2 is 2.43 bits per heavy atom. The maximum atomic E-state index is 8.43. The molecule has 1 heterocycles. The molecule has 1 aromatic carbocycles. The average molecular weight is 205 g/mol. The Morgan fingerprint density at radius 1 is 1.57 bits per heavy atom. The van der Waals surface area contributed by atoms with Gasteiger partial charge in [0.25, 0.3) is 0 Å². The number of nitriles is 1. The summed E-state index contributed by atoms with van der Waals surface area (Å²) in [7, 11) is 1.62. The number of ether oxygens (including phenoxy) is 1. The minimum absolute atomic E-state index is 0.607. The second-order valence-corrected chi connectivity index (χ2v) is 3.62. The highest BCUT2D eigenvalue weighted by atomic mass is 32.1. The Balaban J connectivity index is 2.50. The molecule has 1 N–H and O–H groups in total. The zero-order chi connectivity index (χ0) is 9.97. The van der Waals surface area contributed by atoms with Crippen molar-refractivity contribution in [2.24, 2.45) is 0 Å². The highest BCUT2D eigenvalue weighted by molar-refractivity contribution is 7.22. The minimum Gasteiger partial charge on any atom is -0.497 e. The number of thiazole rings is 1. The van der Waals surface area contributed by atoms with E-state index in [2.05, 4.69) is 10.3 Å². The lowest BCUT2D eigenvalue weighted by Gasteiger charge is -1.96. The smallest absolute Gasteiger partial charge is 0.197 e. The third kappa shape index (κ3) is 1.47. The second-order valence-electron chi connectivity index (χ2n) is 2.59. The molecule has 0 fully saturated rings. The van der Waals surface area contributed by atoms with Crippen LogP contribution in [-0.2, 0) is 0 Å². The first-order valence-electron chi connectivity index (χ1n) is 3.93. The van der Waals surface area contributed by atoms with Crippen molar-refractivity contribution < 1.29 is 4.74 Å². The molecule has 0 saturated carbocycles. The first-order chi connectivity index (χ1) is 6.83. The van der Waals surface area contributed by atoms with Gasteiger partial charge in [-0.15, -0.1) is 0 Å². The van der Waals surface area contributed by atoms with E-state index in [0.29, 0.717) is 5.13 Å². The van der Waals surface area contributed by atoms with Crippen molar-refractivity contribution in [1.82, 2.24) is 4.98 Å². The van der Waals surface area contributed by atoms with Crippen molar-refractivity contribution in [3.63, 3.8) is 0 Å². The molecule has 0 aliphatic heterocycles. The van der Waals surface area contributed by atoms with Crippen LogP contribution < -0.4 is 10.1 Å². The van der Waals surface area contributed by atoms with Gasteiger partial charge in [-0.05, 0) is 18.2 Å². The van der Waals surface area contributed by atoms with Crippen molar-refractivity contribution in [3.05, 3.63) is 18.2 Å². The molecule has 0 spiro atoms. The van der Waals surface area contributed by atoms with E-state index in [4.69, 9.17) is 10.00 Å². The van der Waals surface area contributed by atoms with Gasteiger partial charge in [-0.25, -0.2) is 4.98 Å². The van der Waals surface area contributed by atoms with Crippen LogP contribution in [0.5, 0.6) is 5.75 Å². The highest BCUT2D eigenvalue weighted by Crippen LogP contribution is 2.28. The van der Waals surface area contributed by atoms with Crippen molar-refractivity contribution in [2.75, 3.05) is 12.4 Å². The van der Waals surface area contributed by atoms with Crippen molar-refractivity contribution >= 4 is 26.7 Å². The van der Waals surface area contributed by atoms with E-state index in [1.165, 1.54) is 11.3 Å². The number of methoxy groups -OCH3 is 1. The van der Waals surface area contributed by atoms with Crippen LogP contribution in [0.15, 0.2) is 18.2 Å². The van der Waals surface area contributed by atoms with Gasteiger partial charge in [0.05, 0.1) is 17.3 Å². The quantitative estimate of drug-likeness (QED) is 0.603. The Labute approximate surface area is 84.8 Å². The van der Waals surface area contributed by atoms with E-state index >= 15 is 0 Å². The molecular formula is C9H7N3OS. The molecule has 5 heteroatoms. The number of nitrogens with zero attached hydrogens (tertiary/aromatic N) is 2. The third-order valence-electron chi connectivity index (χ3n) is 1.76. The number of fused-ring (bicyclic) bond motifs is 1. The van der Waals surface area contributed by atoms with Gasteiger partial charge in [0.2, 0.25) is 0 Å². The van der Waals surface area contributed by atoms with Gasteiger partial charge in [-0.1, -0.05) is 11.3 Å². The van der Waals surface area contributed by atoms with Crippen molar-refractivity contribution in [3.8, 4) is 11.9 Å². The van der Waals surface area contributed by atoms with Gasteiger partial charge in [0, 0.05) is 0 Å². The van der Waals surface area contributed by atoms with E-state index in [1.807, 2.05) is 24.4 Å².